The normalized spacial score (nSPS) is 14.9. The Bertz CT molecular complexity index is 985. The first-order valence-electron chi connectivity index (χ1n) is 11.3. The van der Waals surface area contributed by atoms with Gasteiger partial charge in [0.2, 0.25) is 0 Å². The van der Waals surface area contributed by atoms with Gasteiger partial charge in [-0.3, -0.25) is 4.99 Å². The van der Waals surface area contributed by atoms with E-state index in [9.17, 15) is 9.50 Å². The number of hydrogen-bond donors (Lipinski definition) is 2. The lowest BCUT2D eigenvalue weighted by atomic mass is 10.1. The molecule has 2 atom stereocenters. The highest BCUT2D eigenvalue weighted by Gasteiger charge is 2.19. The highest BCUT2D eigenvalue weighted by molar-refractivity contribution is 8.11. The van der Waals surface area contributed by atoms with E-state index in [4.69, 9.17) is 4.74 Å². The Morgan fingerprint density at radius 2 is 1.85 bits per heavy atom. The Balaban J connectivity index is 3.18. The van der Waals surface area contributed by atoms with E-state index in [1.807, 2.05) is 45.0 Å². The average Bonchev–Trinajstić information content (AvgIpc) is 2.77. The Morgan fingerprint density at radius 3 is 2.38 bits per heavy atom. The summed E-state index contributed by atoms with van der Waals surface area (Å²) in [6.07, 6.45) is 4.33. The van der Waals surface area contributed by atoms with Crippen LogP contribution in [0, 0.1) is 0 Å². The largest absolute Gasteiger partial charge is 0.488 e. The highest BCUT2D eigenvalue weighted by atomic mass is 32.2. The molecule has 1 aromatic carbocycles. The van der Waals surface area contributed by atoms with E-state index in [0.717, 1.165) is 26.5 Å². The minimum Gasteiger partial charge on any atom is -0.488 e. The molecule has 0 saturated heterocycles. The van der Waals surface area contributed by atoms with Crippen LogP contribution in [0.5, 0.6) is 5.75 Å². The van der Waals surface area contributed by atoms with Crippen LogP contribution >= 0.6 is 11.8 Å². The SMILES string of the molecule is C=C/C(=C\N=C(/C)C(C)(C)F)CNC(=C)c1cc(OC(C)C(C)O)cc(C(=C)S/C(C)=C\C)c1. The van der Waals surface area contributed by atoms with Crippen LogP contribution in [0.3, 0.4) is 0 Å². The zero-order chi connectivity index (χ0) is 26.1. The van der Waals surface area contributed by atoms with Gasteiger partial charge in [-0.15, -0.1) is 0 Å². The number of aliphatic hydroxyl groups excluding tert-OH is 1. The molecule has 4 nitrogen and oxygen atoms in total. The van der Waals surface area contributed by atoms with E-state index >= 15 is 0 Å². The summed E-state index contributed by atoms with van der Waals surface area (Å²) in [5.74, 6) is 0.619. The fourth-order valence-electron chi connectivity index (χ4n) is 2.44. The standard InChI is InChI=1S/C28H39FN2O2S/c1-11-18(3)34-22(7)26-13-25(14-27(15-26)33-21(6)20(5)32)19(4)30-16-24(12-2)17-31-23(8)28(9,10)29/h11-15,17,20-21,30,32H,2,4,7,16H2,1,3,5-6,8-10H3/b18-11-,24-17+,31-23+. The number of benzene rings is 1. The number of nitrogens with one attached hydrogen (secondary N) is 1. The minimum absolute atomic E-state index is 0.376. The van der Waals surface area contributed by atoms with Crippen molar-refractivity contribution in [3.8, 4) is 5.75 Å². The summed E-state index contributed by atoms with van der Waals surface area (Å²) in [6, 6.07) is 5.79. The number of alkyl halides is 1. The van der Waals surface area contributed by atoms with Crippen LogP contribution in [-0.2, 0) is 0 Å². The van der Waals surface area contributed by atoms with Crippen molar-refractivity contribution in [3.63, 3.8) is 0 Å². The van der Waals surface area contributed by atoms with Crippen LogP contribution in [-0.4, -0.2) is 35.2 Å². The lowest BCUT2D eigenvalue weighted by Gasteiger charge is -2.20. The second-order valence-electron chi connectivity index (χ2n) is 8.66. The molecule has 0 aliphatic carbocycles. The van der Waals surface area contributed by atoms with E-state index in [2.05, 4.69) is 30.0 Å². The van der Waals surface area contributed by atoms with Crippen molar-refractivity contribution in [1.82, 2.24) is 5.32 Å². The first kappa shape index (κ1) is 29.5. The quantitative estimate of drug-likeness (QED) is 0.227. The van der Waals surface area contributed by atoms with Crippen LogP contribution in [0.2, 0.25) is 0 Å². The Labute approximate surface area is 209 Å². The molecule has 0 spiro atoms. The van der Waals surface area contributed by atoms with Gasteiger partial charge in [0.05, 0.1) is 11.8 Å². The van der Waals surface area contributed by atoms with Crippen molar-refractivity contribution in [2.24, 2.45) is 4.99 Å². The molecule has 0 saturated carbocycles. The summed E-state index contributed by atoms with van der Waals surface area (Å²) < 4.78 is 20.0. The van der Waals surface area contributed by atoms with E-state index in [1.54, 1.807) is 37.9 Å². The first-order chi connectivity index (χ1) is 15.8. The number of thioether (sulfide) groups is 1. The molecule has 1 rings (SSSR count). The number of hydrogen-bond acceptors (Lipinski definition) is 5. The second kappa shape index (κ2) is 13.4. The molecule has 0 aromatic heterocycles. The molecule has 0 aliphatic heterocycles. The zero-order valence-electron chi connectivity index (χ0n) is 21.5. The molecule has 34 heavy (non-hydrogen) atoms. The van der Waals surface area contributed by atoms with Crippen LogP contribution in [0.4, 0.5) is 4.39 Å². The summed E-state index contributed by atoms with van der Waals surface area (Å²) in [5.41, 5.74) is 2.12. The topological polar surface area (TPSA) is 53.9 Å². The van der Waals surface area contributed by atoms with Crippen molar-refractivity contribution in [1.29, 1.82) is 0 Å². The first-order valence-corrected chi connectivity index (χ1v) is 12.1. The van der Waals surface area contributed by atoms with Crippen LogP contribution in [0.1, 0.15) is 59.6 Å². The number of nitrogens with zero attached hydrogens (tertiary/aromatic N) is 1. The summed E-state index contributed by atoms with van der Waals surface area (Å²) in [7, 11) is 0. The molecule has 0 radical (unpaired) electrons. The van der Waals surface area contributed by atoms with Gasteiger partial charge in [0.1, 0.15) is 17.5 Å². The zero-order valence-corrected chi connectivity index (χ0v) is 22.4. The molecule has 0 fully saturated rings. The number of halogens is 1. The van der Waals surface area contributed by atoms with Gasteiger partial charge in [0, 0.05) is 28.9 Å². The summed E-state index contributed by atoms with van der Waals surface area (Å²) >= 11 is 1.58. The third kappa shape index (κ3) is 9.74. The van der Waals surface area contributed by atoms with Crippen molar-refractivity contribution in [2.75, 3.05) is 6.54 Å². The van der Waals surface area contributed by atoms with Crippen LogP contribution in [0.15, 0.2) is 71.8 Å². The van der Waals surface area contributed by atoms with Gasteiger partial charge in [-0.1, -0.05) is 43.7 Å². The molecular weight excluding hydrogens is 447 g/mol. The highest BCUT2D eigenvalue weighted by Crippen LogP contribution is 2.35. The fraction of sp³-hybridized carbons (Fsp3) is 0.393. The number of ether oxygens (including phenoxy) is 1. The van der Waals surface area contributed by atoms with Crippen LogP contribution in [0.25, 0.3) is 10.6 Å². The fourth-order valence-corrected chi connectivity index (χ4v) is 3.18. The molecule has 0 amide bonds. The number of aliphatic hydroxyl groups is 1. The van der Waals surface area contributed by atoms with Gasteiger partial charge in [-0.2, -0.15) is 0 Å². The number of aliphatic imine (C=N–C) groups is 1. The number of allylic oxidation sites excluding steroid dienone is 2. The monoisotopic (exact) mass is 486 g/mol. The second-order valence-corrected chi connectivity index (χ2v) is 10.0. The maximum absolute atomic E-state index is 14.0. The molecule has 1 aromatic rings. The summed E-state index contributed by atoms with van der Waals surface area (Å²) in [5, 5.41) is 13.2. The van der Waals surface area contributed by atoms with Gasteiger partial charge in [-0.05, 0) is 82.7 Å². The molecule has 0 aliphatic rings. The molecule has 2 N–H and O–H groups in total. The third-order valence-electron chi connectivity index (χ3n) is 5.32. The van der Waals surface area contributed by atoms with Crippen molar-refractivity contribution >= 4 is 28.1 Å². The lowest BCUT2D eigenvalue weighted by Crippen LogP contribution is -2.25. The summed E-state index contributed by atoms with van der Waals surface area (Å²) in [6.45, 7) is 24.8. The lowest BCUT2D eigenvalue weighted by molar-refractivity contribution is 0.0604. The maximum atomic E-state index is 14.0. The predicted octanol–water partition coefficient (Wildman–Crippen LogP) is 7.30. The maximum Gasteiger partial charge on any atom is 0.143 e. The third-order valence-corrected chi connectivity index (χ3v) is 6.36. The van der Waals surface area contributed by atoms with Gasteiger partial charge < -0.3 is 15.2 Å². The molecule has 186 valence electrons. The average molecular weight is 487 g/mol. The Kier molecular flexibility index (Phi) is 11.6. The van der Waals surface area contributed by atoms with E-state index < -0.39 is 11.8 Å². The van der Waals surface area contributed by atoms with Gasteiger partial charge >= 0.3 is 0 Å². The van der Waals surface area contributed by atoms with Crippen molar-refractivity contribution < 1.29 is 14.2 Å². The van der Waals surface area contributed by atoms with Crippen molar-refractivity contribution in [2.45, 2.75) is 66.3 Å². The van der Waals surface area contributed by atoms with Gasteiger partial charge in [-0.25, -0.2) is 4.39 Å². The molecule has 0 bridgehead atoms. The number of rotatable bonds is 13. The smallest absolute Gasteiger partial charge is 0.143 e. The predicted molar refractivity (Wildman–Crippen MR) is 148 cm³/mol. The van der Waals surface area contributed by atoms with E-state index in [1.165, 1.54) is 13.8 Å². The molecule has 6 heteroatoms. The Morgan fingerprint density at radius 1 is 1.24 bits per heavy atom. The van der Waals surface area contributed by atoms with Crippen molar-refractivity contribution in [3.05, 3.63) is 77.9 Å². The van der Waals surface area contributed by atoms with Gasteiger partial charge in [0.15, 0.2) is 0 Å². The minimum atomic E-state index is -1.48. The summed E-state index contributed by atoms with van der Waals surface area (Å²) in [4.78, 5) is 6.25. The van der Waals surface area contributed by atoms with Crippen LogP contribution < -0.4 is 10.1 Å². The molecular formula is C28H39FN2O2S. The molecule has 0 heterocycles. The Hall–Kier alpha value is -2.57. The van der Waals surface area contributed by atoms with Gasteiger partial charge in [0.25, 0.3) is 0 Å². The van der Waals surface area contributed by atoms with E-state index in [-0.39, 0.29) is 6.10 Å². The van der Waals surface area contributed by atoms with E-state index in [0.29, 0.717) is 23.7 Å². The molecule has 2 unspecified atom stereocenters.